The lowest BCUT2D eigenvalue weighted by molar-refractivity contribution is -0.120. The zero-order chi connectivity index (χ0) is 21.1. The van der Waals surface area contributed by atoms with E-state index in [-0.39, 0.29) is 11.9 Å². The molecule has 0 aliphatic carbocycles. The van der Waals surface area contributed by atoms with Gasteiger partial charge in [-0.2, -0.15) is 5.10 Å². The molecule has 0 radical (unpaired) electrons. The number of likely N-dealkylation sites (tertiary alicyclic amines) is 1. The first-order chi connectivity index (χ1) is 14.6. The van der Waals surface area contributed by atoms with Crippen LogP contribution >= 0.6 is 11.8 Å². The Kier molecular flexibility index (Phi) is 6.68. The smallest absolute Gasteiger partial charge is 0.252 e. The monoisotopic (exact) mass is 427 g/mol. The SMILES string of the molecule is CCCCC(Cc1c[nH]c2ccccc12)N1N=C(C2CCN(C)CC2)SC1C(N)=O. The van der Waals surface area contributed by atoms with Crippen molar-refractivity contribution < 1.29 is 4.79 Å². The van der Waals surface area contributed by atoms with Crippen molar-refractivity contribution in [3.63, 3.8) is 0 Å². The topological polar surface area (TPSA) is 77.7 Å². The number of unbranched alkanes of at least 4 members (excludes halogenated alkanes) is 1. The molecule has 7 heteroatoms. The number of primary amides is 1. The number of aromatic amines is 1. The maximum atomic E-state index is 12.4. The Morgan fingerprint density at radius 3 is 2.83 bits per heavy atom. The number of piperidine rings is 1. The molecule has 2 aliphatic heterocycles. The summed E-state index contributed by atoms with van der Waals surface area (Å²) in [6, 6.07) is 8.56. The number of nitrogens with two attached hydrogens (primary N) is 1. The van der Waals surface area contributed by atoms with Crippen molar-refractivity contribution in [3.05, 3.63) is 36.0 Å². The molecule has 1 saturated heterocycles. The zero-order valence-corrected chi connectivity index (χ0v) is 18.8. The van der Waals surface area contributed by atoms with E-state index in [1.165, 1.54) is 10.9 Å². The van der Waals surface area contributed by atoms with Gasteiger partial charge in [0.2, 0.25) is 0 Å². The molecular formula is C23H33N5OS. The van der Waals surface area contributed by atoms with Crippen LogP contribution in [0.4, 0.5) is 0 Å². The van der Waals surface area contributed by atoms with E-state index in [0.29, 0.717) is 5.92 Å². The second-order valence-electron chi connectivity index (χ2n) is 8.63. The van der Waals surface area contributed by atoms with Gasteiger partial charge in [0.15, 0.2) is 5.37 Å². The van der Waals surface area contributed by atoms with E-state index in [2.05, 4.69) is 54.3 Å². The van der Waals surface area contributed by atoms with Crippen molar-refractivity contribution in [2.45, 2.75) is 56.9 Å². The first-order valence-corrected chi connectivity index (χ1v) is 12.0. The number of hydrazone groups is 1. The summed E-state index contributed by atoms with van der Waals surface area (Å²) in [5.74, 6) is 0.157. The van der Waals surface area contributed by atoms with Crippen LogP contribution in [0.1, 0.15) is 44.6 Å². The van der Waals surface area contributed by atoms with Gasteiger partial charge >= 0.3 is 0 Å². The third-order valence-corrected chi connectivity index (χ3v) is 7.72. The maximum absolute atomic E-state index is 12.4. The van der Waals surface area contributed by atoms with E-state index in [1.54, 1.807) is 11.8 Å². The van der Waals surface area contributed by atoms with Gasteiger partial charge in [-0.25, -0.2) is 0 Å². The Labute approximate surface area is 183 Å². The maximum Gasteiger partial charge on any atom is 0.252 e. The predicted octanol–water partition coefficient (Wildman–Crippen LogP) is 3.78. The number of nitrogens with zero attached hydrogens (tertiary/aromatic N) is 3. The largest absolute Gasteiger partial charge is 0.367 e. The fourth-order valence-corrected chi connectivity index (χ4v) is 5.82. The Morgan fingerprint density at radius 2 is 2.10 bits per heavy atom. The number of benzene rings is 1. The molecule has 2 aromatic rings. The second-order valence-corrected chi connectivity index (χ2v) is 9.73. The van der Waals surface area contributed by atoms with Gasteiger partial charge in [-0.05, 0) is 57.5 Å². The first-order valence-electron chi connectivity index (χ1n) is 11.1. The molecular weight excluding hydrogens is 394 g/mol. The van der Waals surface area contributed by atoms with Crippen LogP contribution in [0.3, 0.4) is 0 Å². The molecule has 0 spiro atoms. The van der Waals surface area contributed by atoms with Gasteiger partial charge < -0.3 is 15.6 Å². The number of hydrogen-bond acceptors (Lipinski definition) is 5. The molecule has 3 heterocycles. The highest BCUT2D eigenvalue weighted by atomic mass is 32.2. The number of amides is 1. The molecule has 0 saturated carbocycles. The van der Waals surface area contributed by atoms with Gasteiger partial charge in [0, 0.05) is 23.0 Å². The van der Waals surface area contributed by atoms with Crippen LogP contribution in [0, 0.1) is 5.92 Å². The minimum Gasteiger partial charge on any atom is -0.367 e. The van der Waals surface area contributed by atoms with Crippen LogP contribution in [0.5, 0.6) is 0 Å². The van der Waals surface area contributed by atoms with Gasteiger partial charge in [-0.15, -0.1) is 0 Å². The highest BCUT2D eigenvalue weighted by Crippen LogP contribution is 2.37. The Hall–Kier alpha value is -1.99. The summed E-state index contributed by atoms with van der Waals surface area (Å²) in [6.07, 6.45) is 8.40. The molecule has 162 valence electrons. The van der Waals surface area contributed by atoms with E-state index < -0.39 is 5.37 Å². The number of nitrogens with one attached hydrogen (secondary N) is 1. The molecule has 2 aliphatic rings. The highest BCUT2D eigenvalue weighted by Gasteiger charge is 2.39. The van der Waals surface area contributed by atoms with Gasteiger partial charge in [-0.3, -0.25) is 9.80 Å². The van der Waals surface area contributed by atoms with Gasteiger partial charge in [-0.1, -0.05) is 49.7 Å². The van der Waals surface area contributed by atoms with Crippen molar-refractivity contribution in [3.8, 4) is 0 Å². The molecule has 3 N–H and O–H groups in total. The van der Waals surface area contributed by atoms with Crippen LogP contribution in [0.25, 0.3) is 10.9 Å². The first kappa shape index (κ1) is 21.2. The third kappa shape index (κ3) is 4.52. The van der Waals surface area contributed by atoms with Crippen LogP contribution in [-0.2, 0) is 11.2 Å². The number of fused-ring (bicyclic) bond motifs is 1. The lowest BCUT2D eigenvalue weighted by Gasteiger charge is -2.30. The van der Waals surface area contributed by atoms with Gasteiger partial charge in [0.05, 0.1) is 11.1 Å². The highest BCUT2D eigenvalue weighted by molar-refractivity contribution is 8.15. The molecule has 1 aromatic heterocycles. The van der Waals surface area contributed by atoms with Crippen LogP contribution in [0.15, 0.2) is 35.6 Å². The average Bonchev–Trinajstić information content (AvgIpc) is 3.36. The molecule has 2 atom stereocenters. The quantitative estimate of drug-likeness (QED) is 0.672. The normalized spacial score (nSPS) is 21.9. The number of carbonyl (C=O) groups excluding carboxylic acids is 1. The minimum atomic E-state index is -0.397. The Bertz CT molecular complexity index is 902. The summed E-state index contributed by atoms with van der Waals surface area (Å²) in [4.78, 5) is 18.1. The van der Waals surface area contributed by atoms with Gasteiger partial charge in [0.1, 0.15) is 0 Å². The second kappa shape index (κ2) is 9.43. The van der Waals surface area contributed by atoms with Crippen molar-refractivity contribution in [1.29, 1.82) is 0 Å². The fourth-order valence-electron chi connectivity index (χ4n) is 4.58. The van der Waals surface area contributed by atoms with E-state index in [9.17, 15) is 4.79 Å². The van der Waals surface area contributed by atoms with Crippen LogP contribution < -0.4 is 5.73 Å². The molecule has 4 rings (SSSR count). The van der Waals surface area contributed by atoms with Crippen molar-refractivity contribution in [2.75, 3.05) is 20.1 Å². The van der Waals surface area contributed by atoms with Gasteiger partial charge in [0.25, 0.3) is 5.91 Å². The Morgan fingerprint density at radius 1 is 1.33 bits per heavy atom. The molecule has 0 bridgehead atoms. The van der Waals surface area contributed by atoms with E-state index in [0.717, 1.165) is 62.2 Å². The van der Waals surface area contributed by atoms with Crippen molar-refractivity contribution >= 4 is 33.6 Å². The Balaban J connectivity index is 1.59. The molecule has 6 nitrogen and oxygen atoms in total. The standard InChI is InChI=1S/C23H33N5OS/c1-3-4-7-18(14-17-15-25-20-9-6-5-8-19(17)20)28-23(21(24)29)30-22(26-28)16-10-12-27(2)13-11-16/h5-6,8-9,15-16,18,23,25H,3-4,7,10-14H2,1-2H3,(H2,24,29). The average molecular weight is 428 g/mol. The minimum absolute atomic E-state index is 0.165. The van der Waals surface area contributed by atoms with Crippen molar-refractivity contribution in [2.24, 2.45) is 16.8 Å². The van der Waals surface area contributed by atoms with E-state index >= 15 is 0 Å². The molecule has 1 aromatic carbocycles. The van der Waals surface area contributed by atoms with Crippen LogP contribution in [-0.4, -0.2) is 57.4 Å². The zero-order valence-electron chi connectivity index (χ0n) is 18.0. The summed E-state index contributed by atoms with van der Waals surface area (Å²) < 4.78 is 0. The number of aromatic nitrogens is 1. The number of hydrogen-bond donors (Lipinski definition) is 2. The van der Waals surface area contributed by atoms with E-state index in [1.807, 2.05) is 5.01 Å². The number of carbonyl (C=O) groups is 1. The van der Waals surface area contributed by atoms with Crippen LogP contribution in [0.2, 0.25) is 0 Å². The van der Waals surface area contributed by atoms with E-state index in [4.69, 9.17) is 10.8 Å². The summed E-state index contributed by atoms with van der Waals surface area (Å²) in [5, 5.41) is 9.03. The third-order valence-electron chi connectivity index (χ3n) is 6.39. The summed E-state index contributed by atoms with van der Waals surface area (Å²) in [6.45, 7) is 4.38. The fraction of sp³-hybridized carbons (Fsp3) is 0.565. The summed E-state index contributed by atoms with van der Waals surface area (Å²) >= 11 is 1.59. The van der Waals surface area contributed by atoms with Crippen molar-refractivity contribution in [1.82, 2.24) is 14.9 Å². The number of thioether (sulfide) groups is 1. The number of H-pyrrole nitrogens is 1. The summed E-state index contributed by atoms with van der Waals surface area (Å²) in [5.41, 5.74) is 8.28. The number of rotatable bonds is 8. The molecule has 2 unspecified atom stereocenters. The molecule has 1 fully saturated rings. The molecule has 30 heavy (non-hydrogen) atoms. The molecule has 1 amide bonds. The lowest BCUT2D eigenvalue weighted by Crippen LogP contribution is -2.43. The summed E-state index contributed by atoms with van der Waals surface area (Å²) in [7, 11) is 2.17. The number of para-hydroxylation sites is 1. The predicted molar refractivity (Wildman–Crippen MR) is 125 cm³/mol. The lowest BCUT2D eigenvalue weighted by atomic mass is 9.98.